The van der Waals surface area contributed by atoms with Gasteiger partial charge in [-0.05, 0) is 32.6 Å². The summed E-state index contributed by atoms with van der Waals surface area (Å²) in [6.45, 7) is 4.08. The van der Waals surface area contributed by atoms with Gasteiger partial charge in [0.05, 0.1) is 12.4 Å². The lowest BCUT2D eigenvalue weighted by atomic mass is 10.1. The van der Waals surface area contributed by atoms with E-state index < -0.39 is 0 Å². The Balaban J connectivity index is 1.79. The molecule has 0 aliphatic carbocycles. The summed E-state index contributed by atoms with van der Waals surface area (Å²) in [5.41, 5.74) is 1.24. The minimum atomic E-state index is 0.477. The molecule has 3 heteroatoms. The van der Waals surface area contributed by atoms with Crippen molar-refractivity contribution in [1.82, 2.24) is 9.55 Å². The van der Waals surface area contributed by atoms with Crippen LogP contribution in [0.25, 0.3) is 0 Å². The number of ether oxygens (including phenoxy) is 1. The third-order valence-corrected chi connectivity index (χ3v) is 2.89. The van der Waals surface area contributed by atoms with Crippen molar-refractivity contribution in [3.05, 3.63) is 18.2 Å². The van der Waals surface area contributed by atoms with Crippen molar-refractivity contribution in [3.63, 3.8) is 0 Å². The Kier molecular flexibility index (Phi) is 3.19. The Labute approximate surface area is 85.1 Å². The standard InChI is InChI=1S/C11H18N2O/c1-10-8-12-9-13(10)6-5-11-4-2-3-7-14-11/h8-9,11H,2-7H2,1H3. The second kappa shape index (κ2) is 4.60. The molecule has 0 bridgehead atoms. The highest BCUT2D eigenvalue weighted by Crippen LogP contribution is 2.16. The lowest BCUT2D eigenvalue weighted by molar-refractivity contribution is 0.00873. The Hall–Kier alpha value is -0.830. The average molecular weight is 194 g/mol. The fourth-order valence-corrected chi connectivity index (χ4v) is 1.94. The molecule has 1 aromatic rings. The monoisotopic (exact) mass is 194 g/mol. The topological polar surface area (TPSA) is 27.1 Å². The van der Waals surface area contributed by atoms with Crippen LogP contribution >= 0.6 is 0 Å². The van der Waals surface area contributed by atoms with Gasteiger partial charge in [-0.2, -0.15) is 0 Å². The molecule has 3 nitrogen and oxygen atoms in total. The minimum absolute atomic E-state index is 0.477. The molecule has 1 fully saturated rings. The van der Waals surface area contributed by atoms with Crippen LogP contribution in [0.1, 0.15) is 31.4 Å². The number of nitrogens with zero attached hydrogens (tertiary/aromatic N) is 2. The number of imidazole rings is 1. The van der Waals surface area contributed by atoms with E-state index in [-0.39, 0.29) is 0 Å². The number of rotatable bonds is 3. The van der Waals surface area contributed by atoms with Crippen LogP contribution in [0.3, 0.4) is 0 Å². The molecule has 0 amide bonds. The third kappa shape index (κ3) is 2.35. The van der Waals surface area contributed by atoms with Crippen molar-refractivity contribution in [2.24, 2.45) is 0 Å². The molecular formula is C11H18N2O. The maximum Gasteiger partial charge on any atom is 0.0948 e. The van der Waals surface area contributed by atoms with Gasteiger partial charge in [-0.15, -0.1) is 0 Å². The molecule has 14 heavy (non-hydrogen) atoms. The van der Waals surface area contributed by atoms with Crippen LogP contribution in [-0.2, 0) is 11.3 Å². The smallest absolute Gasteiger partial charge is 0.0948 e. The van der Waals surface area contributed by atoms with Crippen LogP contribution in [0.2, 0.25) is 0 Å². The number of aryl methyl sites for hydroxylation is 2. The van der Waals surface area contributed by atoms with Gasteiger partial charge < -0.3 is 9.30 Å². The number of aromatic nitrogens is 2. The van der Waals surface area contributed by atoms with E-state index in [2.05, 4.69) is 16.5 Å². The Morgan fingerprint density at radius 3 is 3.14 bits per heavy atom. The Bertz CT molecular complexity index is 277. The Morgan fingerprint density at radius 2 is 2.50 bits per heavy atom. The van der Waals surface area contributed by atoms with Crippen molar-refractivity contribution in [3.8, 4) is 0 Å². The first-order valence-corrected chi connectivity index (χ1v) is 5.44. The number of hydrogen-bond donors (Lipinski definition) is 0. The van der Waals surface area contributed by atoms with Crippen LogP contribution in [-0.4, -0.2) is 22.3 Å². The molecular weight excluding hydrogens is 176 g/mol. The molecule has 0 N–H and O–H groups in total. The highest BCUT2D eigenvalue weighted by molar-refractivity contribution is 4.93. The highest BCUT2D eigenvalue weighted by Gasteiger charge is 2.13. The quantitative estimate of drug-likeness (QED) is 0.737. The summed E-state index contributed by atoms with van der Waals surface area (Å²) in [4.78, 5) is 4.11. The van der Waals surface area contributed by atoms with Gasteiger partial charge in [-0.1, -0.05) is 0 Å². The van der Waals surface area contributed by atoms with Gasteiger partial charge in [0, 0.05) is 25.0 Å². The molecule has 2 heterocycles. The van der Waals surface area contributed by atoms with Crippen LogP contribution < -0.4 is 0 Å². The molecule has 0 radical (unpaired) electrons. The van der Waals surface area contributed by atoms with E-state index >= 15 is 0 Å². The lowest BCUT2D eigenvalue weighted by Gasteiger charge is -2.22. The van der Waals surface area contributed by atoms with Crippen molar-refractivity contribution in [1.29, 1.82) is 0 Å². The van der Waals surface area contributed by atoms with Crippen LogP contribution in [0, 0.1) is 6.92 Å². The fraction of sp³-hybridized carbons (Fsp3) is 0.727. The first-order valence-electron chi connectivity index (χ1n) is 5.44. The minimum Gasteiger partial charge on any atom is -0.378 e. The highest BCUT2D eigenvalue weighted by atomic mass is 16.5. The molecule has 0 saturated carbocycles. The molecule has 1 aliphatic rings. The van der Waals surface area contributed by atoms with Gasteiger partial charge in [0.2, 0.25) is 0 Å². The van der Waals surface area contributed by atoms with E-state index in [1.54, 1.807) is 0 Å². The zero-order valence-corrected chi connectivity index (χ0v) is 8.78. The van der Waals surface area contributed by atoms with Gasteiger partial charge in [-0.3, -0.25) is 0 Å². The van der Waals surface area contributed by atoms with Gasteiger partial charge in [0.1, 0.15) is 0 Å². The van der Waals surface area contributed by atoms with Gasteiger partial charge in [0.15, 0.2) is 0 Å². The van der Waals surface area contributed by atoms with Gasteiger partial charge in [0.25, 0.3) is 0 Å². The van der Waals surface area contributed by atoms with E-state index in [0.29, 0.717) is 6.10 Å². The summed E-state index contributed by atoms with van der Waals surface area (Å²) < 4.78 is 7.87. The lowest BCUT2D eigenvalue weighted by Crippen LogP contribution is -2.20. The predicted octanol–water partition coefficient (Wildman–Crippen LogP) is 2.15. The molecule has 1 aromatic heterocycles. The summed E-state index contributed by atoms with van der Waals surface area (Å²) in [6.07, 6.45) is 9.20. The van der Waals surface area contributed by atoms with Gasteiger partial charge in [-0.25, -0.2) is 4.98 Å². The number of hydrogen-bond acceptors (Lipinski definition) is 2. The Morgan fingerprint density at radius 1 is 1.57 bits per heavy atom. The maximum atomic E-state index is 5.68. The maximum absolute atomic E-state index is 5.68. The zero-order chi connectivity index (χ0) is 9.80. The molecule has 0 spiro atoms. The molecule has 2 rings (SSSR count). The first-order chi connectivity index (χ1) is 6.86. The molecule has 0 aromatic carbocycles. The molecule has 1 saturated heterocycles. The zero-order valence-electron chi connectivity index (χ0n) is 8.78. The van der Waals surface area contributed by atoms with Crippen LogP contribution in [0.5, 0.6) is 0 Å². The average Bonchev–Trinajstić information content (AvgIpc) is 2.63. The molecule has 1 unspecified atom stereocenters. The second-order valence-electron chi connectivity index (χ2n) is 4.01. The third-order valence-electron chi connectivity index (χ3n) is 2.89. The fourth-order valence-electron chi connectivity index (χ4n) is 1.94. The summed E-state index contributed by atoms with van der Waals surface area (Å²) in [7, 11) is 0. The summed E-state index contributed by atoms with van der Waals surface area (Å²) >= 11 is 0. The van der Waals surface area contributed by atoms with E-state index in [1.165, 1.54) is 25.0 Å². The second-order valence-corrected chi connectivity index (χ2v) is 4.01. The molecule has 1 atom stereocenters. The normalized spacial score (nSPS) is 22.5. The largest absolute Gasteiger partial charge is 0.378 e. The predicted molar refractivity (Wildman–Crippen MR) is 55.2 cm³/mol. The van der Waals surface area contributed by atoms with E-state index in [0.717, 1.165) is 19.6 Å². The summed E-state index contributed by atoms with van der Waals surface area (Å²) in [6, 6.07) is 0. The van der Waals surface area contributed by atoms with Crippen LogP contribution in [0.4, 0.5) is 0 Å². The van der Waals surface area contributed by atoms with Crippen molar-refractivity contribution >= 4 is 0 Å². The van der Waals surface area contributed by atoms with E-state index in [4.69, 9.17) is 4.74 Å². The van der Waals surface area contributed by atoms with Crippen molar-refractivity contribution in [2.45, 2.75) is 45.3 Å². The SMILES string of the molecule is Cc1cncn1CCC1CCCCO1. The summed E-state index contributed by atoms with van der Waals surface area (Å²) in [5.74, 6) is 0. The van der Waals surface area contributed by atoms with E-state index in [1.807, 2.05) is 12.5 Å². The van der Waals surface area contributed by atoms with Crippen molar-refractivity contribution < 1.29 is 4.74 Å². The molecule has 1 aliphatic heterocycles. The first kappa shape index (κ1) is 9.71. The molecule has 78 valence electrons. The summed E-state index contributed by atoms with van der Waals surface area (Å²) in [5, 5.41) is 0. The van der Waals surface area contributed by atoms with Crippen LogP contribution in [0.15, 0.2) is 12.5 Å². The van der Waals surface area contributed by atoms with Gasteiger partial charge >= 0.3 is 0 Å². The van der Waals surface area contributed by atoms with E-state index in [9.17, 15) is 0 Å². The van der Waals surface area contributed by atoms with Crippen molar-refractivity contribution in [2.75, 3.05) is 6.61 Å².